The van der Waals surface area contributed by atoms with Crippen LogP contribution in [-0.4, -0.2) is 30.6 Å². The van der Waals surface area contributed by atoms with Crippen LogP contribution >= 0.6 is 0 Å². The number of nitrogens with zero attached hydrogens (tertiary/aromatic N) is 1. The van der Waals surface area contributed by atoms with Gasteiger partial charge in [0.2, 0.25) is 0 Å². The quantitative estimate of drug-likeness (QED) is 0.763. The summed E-state index contributed by atoms with van der Waals surface area (Å²) in [5.41, 5.74) is 8.16. The van der Waals surface area contributed by atoms with Gasteiger partial charge in [-0.3, -0.25) is 4.90 Å². The van der Waals surface area contributed by atoms with Crippen molar-refractivity contribution < 1.29 is 0 Å². The van der Waals surface area contributed by atoms with E-state index >= 15 is 0 Å². The Labute approximate surface area is 107 Å². The van der Waals surface area contributed by atoms with Gasteiger partial charge >= 0.3 is 0 Å². The van der Waals surface area contributed by atoms with Gasteiger partial charge in [0, 0.05) is 25.7 Å². The van der Waals surface area contributed by atoms with Crippen molar-refractivity contribution in [2.75, 3.05) is 19.6 Å². The topological polar surface area (TPSA) is 29.3 Å². The Bertz CT molecular complexity index is 263. The Morgan fingerprint density at radius 2 is 2.06 bits per heavy atom. The monoisotopic (exact) mass is 238 g/mol. The Hall–Kier alpha value is -0.340. The molecule has 2 N–H and O–H groups in total. The SMILES string of the molecule is CCC(C)C(N)CN1CC=C(C(C)(C)C)CC1. The molecule has 2 unspecified atom stereocenters. The summed E-state index contributed by atoms with van der Waals surface area (Å²) in [5, 5.41) is 0. The van der Waals surface area contributed by atoms with Crippen LogP contribution in [0.15, 0.2) is 11.6 Å². The molecule has 0 radical (unpaired) electrons. The Morgan fingerprint density at radius 1 is 1.41 bits per heavy atom. The summed E-state index contributed by atoms with van der Waals surface area (Å²) >= 11 is 0. The maximum atomic E-state index is 6.22. The van der Waals surface area contributed by atoms with Crippen molar-refractivity contribution in [2.24, 2.45) is 17.1 Å². The standard InChI is InChI=1S/C15H30N2/c1-6-12(2)14(16)11-17-9-7-13(8-10-17)15(3,4)5/h7,12,14H,6,8-11,16H2,1-5H3. The summed E-state index contributed by atoms with van der Waals surface area (Å²) in [6, 6.07) is 0.324. The minimum atomic E-state index is 0.324. The van der Waals surface area contributed by atoms with Gasteiger partial charge in [-0.1, -0.05) is 52.7 Å². The molecule has 2 nitrogen and oxygen atoms in total. The first-order chi connectivity index (χ1) is 7.84. The lowest BCUT2D eigenvalue weighted by atomic mass is 9.83. The highest BCUT2D eigenvalue weighted by Gasteiger charge is 2.22. The molecule has 1 rings (SSSR count). The first kappa shape index (κ1) is 14.7. The van der Waals surface area contributed by atoms with Crippen molar-refractivity contribution in [3.63, 3.8) is 0 Å². The van der Waals surface area contributed by atoms with E-state index < -0.39 is 0 Å². The lowest BCUT2D eigenvalue weighted by Gasteiger charge is -2.34. The van der Waals surface area contributed by atoms with Crippen molar-refractivity contribution in [2.45, 2.75) is 53.5 Å². The molecule has 1 aliphatic heterocycles. The highest BCUT2D eigenvalue weighted by atomic mass is 15.1. The number of hydrogen-bond donors (Lipinski definition) is 1. The van der Waals surface area contributed by atoms with Crippen LogP contribution in [0.2, 0.25) is 0 Å². The molecule has 0 aromatic heterocycles. The molecule has 17 heavy (non-hydrogen) atoms. The molecule has 1 heterocycles. The molecular weight excluding hydrogens is 208 g/mol. The molecule has 0 aromatic rings. The van der Waals surface area contributed by atoms with E-state index in [9.17, 15) is 0 Å². The van der Waals surface area contributed by atoms with Crippen LogP contribution in [0, 0.1) is 11.3 Å². The predicted octanol–water partition coefficient (Wildman–Crippen LogP) is 3.04. The van der Waals surface area contributed by atoms with E-state index in [-0.39, 0.29) is 0 Å². The van der Waals surface area contributed by atoms with Gasteiger partial charge in [0.1, 0.15) is 0 Å². The Morgan fingerprint density at radius 3 is 2.47 bits per heavy atom. The van der Waals surface area contributed by atoms with Gasteiger partial charge in [-0.05, 0) is 17.8 Å². The smallest absolute Gasteiger partial charge is 0.0193 e. The van der Waals surface area contributed by atoms with Crippen molar-refractivity contribution >= 4 is 0 Å². The zero-order valence-electron chi connectivity index (χ0n) is 12.3. The predicted molar refractivity (Wildman–Crippen MR) is 76.0 cm³/mol. The third-order valence-electron chi connectivity index (χ3n) is 4.10. The zero-order chi connectivity index (χ0) is 13.1. The van der Waals surface area contributed by atoms with Gasteiger partial charge < -0.3 is 5.73 Å². The van der Waals surface area contributed by atoms with E-state index in [0.717, 1.165) is 13.1 Å². The van der Waals surface area contributed by atoms with Crippen LogP contribution in [0.1, 0.15) is 47.5 Å². The average molecular weight is 238 g/mol. The van der Waals surface area contributed by atoms with Crippen molar-refractivity contribution in [3.8, 4) is 0 Å². The largest absolute Gasteiger partial charge is 0.326 e. The molecule has 1 aliphatic rings. The first-order valence-electron chi connectivity index (χ1n) is 7.02. The van der Waals surface area contributed by atoms with Gasteiger partial charge in [0.15, 0.2) is 0 Å². The van der Waals surface area contributed by atoms with Crippen LogP contribution in [0.5, 0.6) is 0 Å². The normalized spacial score (nSPS) is 22.1. The second-order valence-electron chi connectivity index (χ2n) is 6.54. The third-order valence-corrected chi connectivity index (χ3v) is 4.10. The summed E-state index contributed by atoms with van der Waals surface area (Å²) in [4.78, 5) is 2.49. The summed E-state index contributed by atoms with van der Waals surface area (Å²) in [5.74, 6) is 0.628. The van der Waals surface area contributed by atoms with Crippen LogP contribution in [-0.2, 0) is 0 Å². The lowest BCUT2D eigenvalue weighted by molar-refractivity contribution is 0.238. The molecule has 0 saturated carbocycles. The minimum absolute atomic E-state index is 0.324. The van der Waals surface area contributed by atoms with Crippen molar-refractivity contribution in [1.29, 1.82) is 0 Å². The van der Waals surface area contributed by atoms with Gasteiger partial charge in [0.05, 0.1) is 0 Å². The van der Waals surface area contributed by atoms with Crippen LogP contribution in [0.25, 0.3) is 0 Å². The molecule has 0 saturated heterocycles. The van der Waals surface area contributed by atoms with E-state index in [1.807, 2.05) is 0 Å². The fraction of sp³-hybridized carbons (Fsp3) is 0.867. The van der Waals surface area contributed by atoms with E-state index in [1.54, 1.807) is 5.57 Å². The molecule has 0 fully saturated rings. The number of rotatable bonds is 4. The molecule has 2 heteroatoms. The number of hydrogen-bond acceptors (Lipinski definition) is 2. The van der Waals surface area contributed by atoms with Crippen molar-refractivity contribution in [1.82, 2.24) is 4.90 Å². The summed E-state index contributed by atoms with van der Waals surface area (Å²) in [6.45, 7) is 14.7. The second kappa shape index (κ2) is 6.01. The van der Waals surface area contributed by atoms with Crippen LogP contribution < -0.4 is 5.73 Å². The molecule has 0 aliphatic carbocycles. The lowest BCUT2D eigenvalue weighted by Crippen LogP contribution is -2.43. The van der Waals surface area contributed by atoms with Crippen LogP contribution in [0.3, 0.4) is 0 Å². The first-order valence-corrected chi connectivity index (χ1v) is 7.02. The van der Waals surface area contributed by atoms with E-state index in [2.05, 4.69) is 45.6 Å². The van der Waals surface area contributed by atoms with E-state index in [4.69, 9.17) is 5.73 Å². The van der Waals surface area contributed by atoms with Gasteiger partial charge in [-0.15, -0.1) is 0 Å². The van der Waals surface area contributed by atoms with E-state index in [1.165, 1.54) is 19.4 Å². The van der Waals surface area contributed by atoms with Gasteiger partial charge in [-0.25, -0.2) is 0 Å². The van der Waals surface area contributed by atoms with E-state index in [0.29, 0.717) is 17.4 Å². The highest BCUT2D eigenvalue weighted by molar-refractivity contribution is 5.14. The summed E-state index contributed by atoms with van der Waals surface area (Å²) < 4.78 is 0. The maximum Gasteiger partial charge on any atom is 0.0193 e. The molecule has 0 spiro atoms. The zero-order valence-corrected chi connectivity index (χ0v) is 12.3. The average Bonchev–Trinajstić information content (AvgIpc) is 2.27. The Balaban J connectivity index is 2.45. The molecule has 100 valence electrons. The molecular formula is C15H30N2. The second-order valence-corrected chi connectivity index (χ2v) is 6.54. The van der Waals surface area contributed by atoms with Crippen LogP contribution in [0.4, 0.5) is 0 Å². The number of nitrogens with two attached hydrogens (primary N) is 1. The summed E-state index contributed by atoms with van der Waals surface area (Å²) in [6.07, 6.45) is 4.79. The molecule has 0 amide bonds. The third kappa shape index (κ3) is 4.44. The highest BCUT2D eigenvalue weighted by Crippen LogP contribution is 2.30. The van der Waals surface area contributed by atoms with Gasteiger partial charge in [-0.2, -0.15) is 0 Å². The maximum absolute atomic E-state index is 6.22. The molecule has 0 aromatic carbocycles. The minimum Gasteiger partial charge on any atom is -0.326 e. The molecule has 0 bridgehead atoms. The van der Waals surface area contributed by atoms with Crippen molar-refractivity contribution in [3.05, 3.63) is 11.6 Å². The molecule has 2 atom stereocenters. The Kier molecular flexibility index (Phi) is 5.21. The fourth-order valence-corrected chi connectivity index (χ4v) is 2.34. The fourth-order valence-electron chi connectivity index (χ4n) is 2.34. The summed E-state index contributed by atoms with van der Waals surface area (Å²) in [7, 11) is 0. The van der Waals surface area contributed by atoms with Gasteiger partial charge in [0.25, 0.3) is 0 Å².